The lowest BCUT2D eigenvalue weighted by Crippen LogP contribution is -2.37. The number of nitrogens with one attached hydrogen (secondary N) is 2. The van der Waals surface area contributed by atoms with Gasteiger partial charge in [-0.1, -0.05) is 12.1 Å². The Morgan fingerprint density at radius 2 is 2.05 bits per heavy atom. The molecular formula is C13H13N3O2S. The van der Waals surface area contributed by atoms with E-state index < -0.39 is 5.91 Å². The topological polar surface area (TPSA) is 74.1 Å². The fraction of sp³-hybridized carbons (Fsp3) is 0.154. The van der Waals surface area contributed by atoms with Crippen LogP contribution in [0.4, 0.5) is 0 Å². The number of thiocarbonyl (C=S) groups is 1. The summed E-state index contributed by atoms with van der Waals surface area (Å²) >= 11 is 4.80. The molecule has 0 aliphatic carbocycles. The number of nitrogens with zero attached hydrogens (tertiary/aromatic N) is 1. The van der Waals surface area contributed by atoms with E-state index in [0.717, 1.165) is 5.56 Å². The lowest BCUT2D eigenvalue weighted by molar-refractivity contribution is -0.115. The third-order valence-electron chi connectivity index (χ3n) is 2.25. The van der Waals surface area contributed by atoms with E-state index in [9.17, 15) is 4.79 Å². The maximum atomic E-state index is 11.7. The van der Waals surface area contributed by atoms with Crippen molar-refractivity contribution in [3.63, 3.8) is 0 Å². The monoisotopic (exact) mass is 275 g/mol. The van der Waals surface area contributed by atoms with Gasteiger partial charge in [0.2, 0.25) is 0 Å². The van der Waals surface area contributed by atoms with Gasteiger partial charge in [-0.05, 0) is 36.0 Å². The number of carbonyl (C=O) groups is 1. The van der Waals surface area contributed by atoms with Gasteiger partial charge in [0, 0.05) is 7.05 Å². The highest BCUT2D eigenvalue weighted by Crippen LogP contribution is 2.13. The van der Waals surface area contributed by atoms with Crippen molar-refractivity contribution in [3.05, 3.63) is 35.4 Å². The summed E-state index contributed by atoms with van der Waals surface area (Å²) < 4.78 is 5.02. The average Bonchev–Trinajstić information content (AvgIpc) is 2.44. The van der Waals surface area contributed by atoms with Crippen LogP contribution in [0.15, 0.2) is 29.8 Å². The van der Waals surface area contributed by atoms with E-state index in [4.69, 9.17) is 22.2 Å². The summed E-state index contributed by atoms with van der Waals surface area (Å²) in [5.41, 5.74) is 0.700. The molecule has 98 valence electrons. The van der Waals surface area contributed by atoms with E-state index in [-0.39, 0.29) is 10.7 Å². The van der Waals surface area contributed by atoms with Crippen molar-refractivity contribution in [1.82, 2.24) is 10.6 Å². The van der Waals surface area contributed by atoms with Crippen LogP contribution in [0.5, 0.6) is 5.75 Å². The van der Waals surface area contributed by atoms with E-state index >= 15 is 0 Å². The van der Waals surface area contributed by atoms with Crippen molar-refractivity contribution in [1.29, 1.82) is 5.26 Å². The molecule has 0 aliphatic heterocycles. The van der Waals surface area contributed by atoms with Gasteiger partial charge >= 0.3 is 0 Å². The zero-order valence-corrected chi connectivity index (χ0v) is 11.4. The van der Waals surface area contributed by atoms with Gasteiger partial charge in [0.05, 0.1) is 7.11 Å². The minimum atomic E-state index is -0.544. The summed E-state index contributed by atoms with van der Waals surface area (Å²) in [6.45, 7) is 0. The van der Waals surface area contributed by atoms with Crippen LogP contribution in [0.1, 0.15) is 5.56 Å². The molecule has 19 heavy (non-hydrogen) atoms. The SMILES string of the molecule is CNC(=S)NC(=O)/C(C#N)=C\c1ccc(OC)cc1. The Bertz CT molecular complexity index is 544. The van der Waals surface area contributed by atoms with Crippen molar-refractivity contribution < 1.29 is 9.53 Å². The standard InChI is InChI=1S/C13H13N3O2S/c1-15-13(19)16-12(17)10(8-14)7-9-3-5-11(18-2)6-4-9/h3-7H,1-2H3,(H2,15,16,17,19)/b10-7-. The fourth-order valence-electron chi connectivity index (χ4n) is 1.25. The van der Waals surface area contributed by atoms with E-state index in [0.29, 0.717) is 5.75 Å². The lowest BCUT2D eigenvalue weighted by atomic mass is 10.1. The number of rotatable bonds is 3. The summed E-state index contributed by atoms with van der Waals surface area (Å²) in [6, 6.07) is 8.83. The Labute approximate surface area is 116 Å². The Morgan fingerprint density at radius 3 is 2.53 bits per heavy atom. The Hall–Kier alpha value is -2.39. The van der Waals surface area contributed by atoms with Gasteiger partial charge in [-0.25, -0.2) is 0 Å². The van der Waals surface area contributed by atoms with E-state index in [1.165, 1.54) is 6.08 Å². The van der Waals surface area contributed by atoms with E-state index in [1.807, 2.05) is 6.07 Å². The zero-order valence-electron chi connectivity index (χ0n) is 10.6. The third kappa shape index (κ3) is 4.41. The molecule has 0 radical (unpaired) electrons. The smallest absolute Gasteiger partial charge is 0.268 e. The van der Waals surface area contributed by atoms with Crippen molar-refractivity contribution in [2.75, 3.05) is 14.2 Å². The first kappa shape index (κ1) is 14.7. The first-order valence-corrected chi connectivity index (χ1v) is 5.80. The van der Waals surface area contributed by atoms with Crippen molar-refractivity contribution >= 4 is 29.3 Å². The molecule has 5 nitrogen and oxygen atoms in total. The molecule has 0 aromatic heterocycles. The van der Waals surface area contributed by atoms with Crippen LogP contribution < -0.4 is 15.4 Å². The van der Waals surface area contributed by atoms with Gasteiger partial charge in [0.1, 0.15) is 17.4 Å². The number of hydrogen-bond acceptors (Lipinski definition) is 4. The van der Waals surface area contributed by atoms with Crippen molar-refractivity contribution in [2.45, 2.75) is 0 Å². The Balaban J connectivity index is 2.89. The molecule has 0 bridgehead atoms. The first-order chi connectivity index (χ1) is 9.10. The van der Waals surface area contributed by atoms with Crippen LogP contribution in [0.2, 0.25) is 0 Å². The van der Waals surface area contributed by atoms with Crippen LogP contribution in [0.3, 0.4) is 0 Å². The molecule has 6 heteroatoms. The summed E-state index contributed by atoms with van der Waals surface area (Å²) in [7, 11) is 3.15. The first-order valence-electron chi connectivity index (χ1n) is 5.39. The number of methoxy groups -OCH3 is 1. The maximum absolute atomic E-state index is 11.7. The molecule has 2 N–H and O–H groups in total. The molecule has 0 spiro atoms. The largest absolute Gasteiger partial charge is 0.497 e. The second-order valence-electron chi connectivity index (χ2n) is 3.48. The summed E-state index contributed by atoms with van der Waals surface area (Å²) in [4.78, 5) is 11.7. The molecule has 0 heterocycles. The Morgan fingerprint density at radius 1 is 1.42 bits per heavy atom. The summed E-state index contributed by atoms with van der Waals surface area (Å²) in [5, 5.41) is 14.1. The van der Waals surface area contributed by atoms with Crippen LogP contribution in [-0.4, -0.2) is 25.2 Å². The highest BCUT2D eigenvalue weighted by atomic mass is 32.1. The number of ether oxygens (including phenoxy) is 1. The average molecular weight is 275 g/mol. The number of nitriles is 1. The molecule has 1 aromatic carbocycles. The van der Waals surface area contributed by atoms with Crippen molar-refractivity contribution in [3.8, 4) is 11.8 Å². The molecule has 0 saturated carbocycles. The van der Waals surface area contributed by atoms with Crippen LogP contribution >= 0.6 is 12.2 Å². The minimum absolute atomic E-state index is 0.0252. The maximum Gasteiger partial charge on any atom is 0.268 e. The summed E-state index contributed by atoms with van der Waals surface area (Å²) in [5.74, 6) is 0.161. The number of carbonyl (C=O) groups excluding carboxylic acids is 1. The predicted octanol–water partition coefficient (Wildman–Crippen LogP) is 1.22. The second-order valence-corrected chi connectivity index (χ2v) is 3.88. The third-order valence-corrected chi connectivity index (χ3v) is 2.55. The highest BCUT2D eigenvalue weighted by molar-refractivity contribution is 7.80. The molecule has 0 atom stereocenters. The fourth-order valence-corrected chi connectivity index (χ4v) is 1.34. The van der Waals surface area contributed by atoms with Crippen LogP contribution in [0, 0.1) is 11.3 Å². The highest BCUT2D eigenvalue weighted by Gasteiger charge is 2.10. The second kappa shape index (κ2) is 7.13. The van der Waals surface area contributed by atoms with Gasteiger partial charge in [-0.3, -0.25) is 10.1 Å². The number of amides is 1. The zero-order chi connectivity index (χ0) is 14.3. The minimum Gasteiger partial charge on any atom is -0.497 e. The molecule has 0 saturated heterocycles. The lowest BCUT2D eigenvalue weighted by Gasteiger charge is -2.04. The van der Waals surface area contributed by atoms with Crippen LogP contribution in [-0.2, 0) is 4.79 Å². The molecule has 1 amide bonds. The molecule has 0 fully saturated rings. The molecule has 0 unspecified atom stereocenters. The van der Waals surface area contributed by atoms with Gasteiger partial charge in [-0.15, -0.1) is 0 Å². The van der Waals surface area contributed by atoms with Gasteiger partial charge in [-0.2, -0.15) is 5.26 Å². The number of hydrogen-bond donors (Lipinski definition) is 2. The van der Waals surface area contributed by atoms with Gasteiger partial charge < -0.3 is 10.1 Å². The van der Waals surface area contributed by atoms with E-state index in [2.05, 4.69) is 10.6 Å². The van der Waals surface area contributed by atoms with Crippen LogP contribution in [0.25, 0.3) is 6.08 Å². The van der Waals surface area contributed by atoms with Gasteiger partial charge in [0.25, 0.3) is 5.91 Å². The predicted molar refractivity (Wildman–Crippen MR) is 76.4 cm³/mol. The molecular weight excluding hydrogens is 262 g/mol. The van der Waals surface area contributed by atoms with Crippen molar-refractivity contribution in [2.24, 2.45) is 0 Å². The Kier molecular flexibility index (Phi) is 5.51. The summed E-state index contributed by atoms with van der Waals surface area (Å²) in [6.07, 6.45) is 1.48. The van der Waals surface area contributed by atoms with Gasteiger partial charge in [0.15, 0.2) is 5.11 Å². The molecule has 1 rings (SSSR count). The molecule has 1 aromatic rings. The normalized spacial score (nSPS) is 10.3. The quantitative estimate of drug-likeness (QED) is 0.493. The number of benzene rings is 1. The molecule has 0 aliphatic rings. The van der Waals surface area contributed by atoms with E-state index in [1.54, 1.807) is 38.4 Å².